The minimum atomic E-state index is -3.01. The highest BCUT2D eigenvalue weighted by Crippen LogP contribution is 2.43. The summed E-state index contributed by atoms with van der Waals surface area (Å²) < 4.78 is 43.7. The lowest BCUT2D eigenvalue weighted by molar-refractivity contribution is -0.0528. The van der Waals surface area contributed by atoms with Crippen LogP contribution >= 0.6 is 11.6 Å². The predicted octanol–water partition coefficient (Wildman–Crippen LogP) is 5.12. The lowest BCUT2D eigenvalue weighted by atomic mass is 9.95. The first-order valence-corrected chi connectivity index (χ1v) is 10.9. The number of urea groups is 1. The Morgan fingerprint density at radius 2 is 2.09 bits per heavy atom. The fourth-order valence-corrected chi connectivity index (χ4v) is 4.98. The number of aromatic amines is 1. The molecule has 0 saturated carbocycles. The highest BCUT2D eigenvalue weighted by Gasteiger charge is 2.43. The summed E-state index contributed by atoms with van der Waals surface area (Å²) in [7, 11) is 0. The summed E-state index contributed by atoms with van der Waals surface area (Å²) in [5, 5.41) is 2.75. The van der Waals surface area contributed by atoms with Gasteiger partial charge in [0.15, 0.2) is 0 Å². The largest absolute Gasteiger partial charge is 0.417 e. The van der Waals surface area contributed by atoms with E-state index in [4.69, 9.17) is 11.6 Å². The summed E-state index contributed by atoms with van der Waals surface area (Å²) in [5.74, 6) is -0.990. The van der Waals surface area contributed by atoms with Crippen LogP contribution < -0.4 is 15.6 Å². The lowest BCUT2D eigenvalue weighted by Gasteiger charge is -2.36. The molecule has 0 spiro atoms. The maximum Gasteiger partial charge on any atom is 0.388 e. The molecule has 0 aliphatic carbocycles. The van der Waals surface area contributed by atoms with Crippen LogP contribution in [0.15, 0.2) is 47.5 Å². The van der Waals surface area contributed by atoms with E-state index in [-0.39, 0.29) is 39.8 Å². The predicted molar refractivity (Wildman–Crippen MR) is 119 cm³/mol. The number of hydrogen-bond donors (Lipinski definition) is 2. The van der Waals surface area contributed by atoms with Gasteiger partial charge in [-0.2, -0.15) is 8.78 Å². The maximum absolute atomic E-state index is 14.9. The topological polar surface area (TPSA) is 87.3 Å². The van der Waals surface area contributed by atoms with E-state index < -0.39 is 18.5 Å². The molecule has 7 nitrogen and oxygen atoms in total. The molecule has 5 rings (SSSR count). The minimum Gasteiger partial charge on any atom is -0.417 e. The van der Waals surface area contributed by atoms with Crippen LogP contribution in [-0.2, 0) is 6.42 Å². The Hall–Kier alpha value is -3.53. The number of halogens is 4. The third-order valence-corrected chi connectivity index (χ3v) is 6.47. The number of rotatable bonds is 4. The van der Waals surface area contributed by atoms with Gasteiger partial charge in [0.25, 0.3) is 0 Å². The average molecular weight is 491 g/mol. The second-order valence-electron chi connectivity index (χ2n) is 8.14. The second kappa shape index (κ2) is 8.68. The minimum absolute atomic E-state index is 0.0860. The summed E-state index contributed by atoms with van der Waals surface area (Å²) >= 11 is 6.34. The van der Waals surface area contributed by atoms with Crippen LogP contribution in [-0.4, -0.2) is 33.6 Å². The van der Waals surface area contributed by atoms with E-state index >= 15 is 0 Å². The van der Waals surface area contributed by atoms with E-state index in [2.05, 4.69) is 20.0 Å². The number of pyridine rings is 2. The normalized spacial score (nSPS) is 18.7. The molecule has 4 heterocycles. The SMILES string of the molecule is O=C(Nc1cc(Cl)c(-c2ccc(OC(F)F)nc2)cc1F)N1C2CC[C@@H]1c1c[nH]c(=O)cc1C2. The van der Waals surface area contributed by atoms with Crippen molar-refractivity contribution in [2.45, 2.75) is 38.0 Å². The lowest BCUT2D eigenvalue weighted by Crippen LogP contribution is -2.44. The van der Waals surface area contributed by atoms with Gasteiger partial charge in [0.2, 0.25) is 11.4 Å². The Labute approximate surface area is 196 Å². The Balaban J connectivity index is 1.36. The number of carbonyl (C=O) groups excluding carboxylic acids is 1. The van der Waals surface area contributed by atoms with Crippen molar-refractivity contribution >= 4 is 23.3 Å². The van der Waals surface area contributed by atoms with Gasteiger partial charge in [0, 0.05) is 41.7 Å². The molecule has 34 heavy (non-hydrogen) atoms. The monoisotopic (exact) mass is 490 g/mol. The molecule has 2 N–H and O–H groups in total. The molecule has 3 aromatic rings. The standard InChI is InChI=1S/C23H18ClF3N4O3/c24-16-8-18(17(25)7-14(16)11-1-4-21(29-9-11)34-22(26)27)30-23(33)31-13-2-3-19(31)15-10-28-20(32)6-12(15)5-13/h1,4,6-10,13,19,22H,2-3,5H2,(H,28,32)(H,30,33)/t13?,19-/m1/s1. The number of nitrogens with one attached hydrogen (secondary N) is 2. The van der Waals surface area contributed by atoms with E-state index in [0.717, 1.165) is 30.0 Å². The van der Waals surface area contributed by atoms with E-state index in [1.807, 2.05) is 0 Å². The molecule has 1 aromatic carbocycles. The Morgan fingerprint density at radius 3 is 2.82 bits per heavy atom. The third kappa shape index (κ3) is 4.09. The summed E-state index contributed by atoms with van der Waals surface area (Å²) in [6.45, 7) is -3.01. The summed E-state index contributed by atoms with van der Waals surface area (Å²) in [4.78, 5) is 32.9. The van der Waals surface area contributed by atoms with Gasteiger partial charge < -0.3 is 19.9 Å². The van der Waals surface area contributed by atoms with Gasteiger partial charge in [-0.15, -0.1) is 0 Å². The summed E-state index contributed by atoms with van der Waals surface area (Å²) in [6.07, 6.45) is 4.97. The Morgan fingerprint density at radius 1 is 1.26 bits per heavy atom. The van der Waals surface area contributed by atoms with Crippen LogP contribution in [0.4, 0.5) is 23.7 Å². The van der Waals surface area contributed by atoms with E-state index in [1.54, 1.807) is 17.2 Å². The van der Waals surface area contributed by atoms with Crippen LogP contribution in [0, 0.1) is 5.82 Å². The number of ether oxygens (including phenoxy) is 1. The molecule has 2 amide bonds. The molecule has 11 heteroatoms. The maximum atomic E-state index is 14.9. The zero-order valence-electron chi connectivity index (χ0n) is 17.5. The molecule has 2 bridgehead atoms. The van der Waals surface area contributed by atoms with Gasteiger partial charge in [-0.25, -0.2) is 14.2 Å². The van der Waals surface area contributed by atoms with E-state index in [9.17, 15) is 22.8 Å². The third-order valence-electron chi connectivity index (χ3n) is 6.15. The van der Waals surface area contributed by atoms with Gasteiger partial charge in [-0.05, 0) is 48.6 Å². The van der Waals surface area contributed by atoms with Crippen molar-refractivity contribution < 1.29 is 22.7 Å². The van der Waals surface area contributed by atoms with Gasteiger partial charge >= 0.3 is 12.6 Å². The number of nitrogens with zero attached hydrogens (tertiary/aromatic N) is 2. The van der Waals surface area contributed by atoms with Crippen LogP contribution in [0.25, 0.3) is 11.1 Å². The van der Waals surface area contributed by atoms with Crippen molar-refractivity contribution in [3.05, 3.63) is 75.0 Å². The molecule has 176 valence electrons. The Kier molecular flexibility index (Phi) is 5.68. The van der Waals surface area contributed by atoms with Crippen molar-refractivity contribution in [3.63, 3.8) is 0 Å². The first-order valence-electron chi connectivity index (χ1n) is 10.5. The number of benzene rings is 1. The number of carbonyl (C=O) groups is 1. The number of aromatic nitrogens is 2. The summed E-state index contributed by atoms with van der Waals surface area (Å²) in [6, 6.07) is 5.91. The molecule has 1 unspecified atom stereocenters. The molecular weight excluding hydrogens is 473 g/mol. The highest BCUT2D eigenvalue weighted by molar-refractivity contribution is 6.33. The van der Waals surface area contributed by atoms with E-state index in [0.29, 0.717) is 12.0 Å². The second-order valence-corrected chi connectivity index (χ2v) is 8.55. The molecule has 1 fully saturated rings. The first kappa shape index (κ1) is 22.3. The van der Waals surface area contributed by atoms with Gasteiger partial charge in [-0.1, -0.05) is 11.6 Å². The fraction of sp³-hybridized carbons (Fsp3) is 0.261. The van der Waals surface area contributed by atoms with Crippen LogP contribution in [0.2, 0.25) is 5.02 Å². The molecule has 2 aromatic heterocycles. The molecule has 0 radical (unpaired) electrons. The number of H-pyrrole nitrogens is 1. The Bertz CT molecular complexity index is 1320. The number of hydrogen-bond acceptors (Lipinski definition) is 4. The van der Waals surface area contributed by atoms with E-state index in [1.165, 1.54) is 24.4 Å². The van der Waals surface area contributed by atoms with Crippen LogP contribution in [0.1, 0.15) is 30.0 Å². The van der Waals surface area contributed by atoms with Gasteiger partial charge in [0.1, 0.15) is 5.82 Å². The fourth-order valence-electron chi connectivity index (χ4n) is 4.71. The molecule has 2 aliphatic rings. The molecule has 2 aliphatic heterocycles. The number of alkyl halides is 2. The van der Waals surface area contributed by atoms with Crippen molar-refractivity contribution in [3.8, 4) is 17.0 Å². The van der Waals surface area contributed by atoms with Crippen molar-refractivity contribution in [2.24, 2.45) is 0 Å². The number of fused-ring (bicyclic) bond motifs is 4. The van der Waals surface area contributed by atoms with Crippen molar-refractivity contribution in [1.29, 1.82) is 0 Å². The smallest absolute Gasteiger partial charge is 0.388 e. The highest BCUT2D eigenvalue weighted by atomic mass is 35.5. The first-order chi connectivity index (χ1) is 16.3. The zero-order valence-corrected chi connectivity index (χ0v) is 18.3. The molecule has 1 saturated heterocycles. The molecular formula is C23H18ClF3N4O3. The average Bonchev–Trinajstić information content (AvgIpc) is 3.11. The van der Waals surface area contributed by atoms with Crippen LogP contribution in [0.3, 0.4) is 0 Å². The number of anilines is 1. The van der Waals surface area contributed by atoms with Gasteiger partial charge in [-0.3, -0.25) is 4.79 Å². The molecule has 2 atom stereocenters. The van der Waals surface area contributed by atoms with Gasteiger partial charge in [0.05, 0.1) is 16.8 Å². The summed E-state index contributed by atoms with van der Waals surface area (Å²) in [5.41, 5.74) is 2.23. The van der Waals surface area contributed by atoms with Crippen molar-refractivity contribution in [1.82, 2.24) is 14.9 Å². The zero-order chi connectivity index (χ0) is 24.0. The number of amides is 2. The quantitative estimate of drug-likeness (QED) is 0.531. The van der Waals surface area contributed by atoms with Crippen LogP contribution in [0.5, 0.6) is 5.88 Å². The van der Waals surface area contributed by atoms with Crippen molar-refractivity contribution in [2.75, 3.05) is 5.32 Å².